The molecule has 156 valence electrons. The molecule has 0 aliphatic heterocycles. The lowest BCUT2D eigenvalue weighted by Crippen LogP contribution is -2.32. The van der Waals surface area contributed by atoms with Gasteiger partial charge in [-0.05, 0) is 63.3 Å². The molecule has 2 aromatic heterocycles. The minimum atomic E-state index is -0.290. The Balaban J connectivity index is 1.46. The summed E-state index contributed by atoms with van der Waals surface area (Å²) < 4.78 is 7.47. The number of benzene rings is 1. The van der Waals surface area contributed by atoms with Gasteiger partial charge in [0, 0.05) is 12.2 Å². The molecule has 30 heavy (non-hydrogen) atoms. The quantitative estimate of drug-likeness (QED) is 0.408. The highest BCUT2D eigenvalue weighted by Gasteiger charge is 2.22. The molecule has 1 amide bonds. The molecule has 0 unspecified atom stereocenters. The van der Waals surface area contributed by atoms with Crippen molar-refractivity contribution in [2.24, 2.45) is 0 Å². The third-order valence-corrected chi connectivity index (χ3v) is 6.21. The average Bonchev–Trinajstić information content (AvgIpc) is 3.45. The van der Waals surface area contributed by atoms with Crippen LogP contribution in [0.4, 0.5) is 0 Å². The summed E-state index contributed by atoms with van der Waals surface area (Å²) in [6, 6.07) is 13.5. The third kappa shape index (κ3) is 4.84. The zero-order chi connectivity index (χ0) is 20.8. The van der Waals surface area contributed by atoms with Gasteiger partial charge in [0.25, 0.3) is 0 Å². The summed E-state index contributed by atoms with van der Waals surface area (Å²) in [6.07, 6.45) is 9.76. The molecule has 1 aliphatic carbocycles. The van der Waals surface area contributed by atoms with E-state index in [1.54, 1.807) is 6.26 Å². The Morgan fingerprint density at radius 1 is 1.20 bits per heavy atom. The van der Waals surface area contributed by atoms with Crippen molar-refractivity contribution < 1.29 is 9.21 Å². The van der Waals surface area contributed by atoms with E-state index in [0.29, 0.717) is 23.3 Å². The van der Waals surface area contributed by atoms with Crippen LogP contribution in [0.5, 0.6) is 0 Å². The van der Waals surface area contributed by atoms with Crippen molar-refractivity contribution in [1.82, 2.24) is 20.1 Å². The number of para-hydroxylation sites is 1. The molecule has 1 aromatic carbocycles. The van der Waals surface area contributed by atoms with Crippen LogP contribution >= 0.6 is 11.8 Å². The van der Waals surface area contributed by atoms with Crippen LogP contribution in [-0.2, 0) is 4.79 Å². The molecule has 2 heterocycles. The lowest BCUT2D eigenvalue weighted by atomic mass is 9.97. The summed E-state index contributed by atoms with van der Waals surface area (Å²) >= 11 is 1.40. The predicted octanol–water partition coefficient (Wildman–Crippen LogP) is 5.01. The molecule has 6 nitrogen and oxygen atoms in total. The first-order valence-electron chi connectivity index (χ1n) is 10.4. The van der Waals surface area contributed by atoms with E-state index < -0.39 is 0 Å². The Labute approximate surface area is 180 Å². The maximum atomic E-state index is 12.6. The van der Waals surface area contributed by atoms with Crippen LogP contribution in [0.3, 0.4) is 0 Å². The van der Waals surface area contributed by atoms with Gasteiger partial charge >= 0.3 is 0 Å². The van der Waals surface area contributed by atoms with Gasteiger partial charge in [-0.25, -0.2) is 0 Å². The summed E-state index contributed by atoms with van der Waals surface area (Å²) in [5.74, 6) is 1.26. The van der Waals surface area contributed by atoms with E-state index in [1.807, 2.05) is 54.0 Å². The highest BCUT2D eigenvalue weighted by atomic mass is 32.2. The lowest BCUT2D eigenvalue weighted by molar-refractivity contribution is -0.120. The van der Waals surface area contributed by atoms with Gasteiger partial charge in [0.1, 0.15) is 0 Å². The summed E-state index contributed by atoms with van der Waals surface area (Å²) in [4.78, 5) is 12.6. The van der Waals surface area contributed by atoms with Crippen LogP contribution in [0.2, 0.25) is 0 Å². The molecule has 0 bridgehead atoms. The van der Waals surface area contributed by atoms with Crippen LogP contribution in [0, 0.1) is 0 Å². The second kappa shape index (κ2) is 9.80. The number of nitrogens with zero attached hydrogens (tertiary/aromatic N) is 3. The van der Waals surface area contributed by atoms with Crippen LogP contribution < -0.4 is 5.32 Å². The Morgan fingerprint density at radius 2 is 2.07 bits per heavy atom. The van der Waals surface area contributed by atoms with E-state index >= 15 is 0 Å². The lowest BCUT2D eigenvalue weighted by Gasteiger charge is -2.15. The highest BCUT2D eigenvalue weighted by molar-refractivity contribution is 8.00. The minimum Gasteiger partial charge on any atom is -0.461 e. The maximum Gasteiger partial charge on any atom is 0.233 e. The van der Waals surface area contributed by atoms with E-state index in [4.69, 9.17) is 4.42 Å². The van der Waals surface area contributed by atoms with Gasteiger partial charge in [0.15, 0.2) is 10.9 Å². The summed E-state index contributed by atoms with van der Waals surface area (Å²) in [5.41, 5.74) is 2.39. The average molecular weight is 423 g/mol. The number of hydrogen-bond donors (Lipinski definition) is 1. The molecule has 0 spiro atoms. The normalized spacial score (nSPS) is 14.9. The maximum absolute atomic E-state index is 12.6. The first kappa shape index (κ1) is 20.5. The first-order chi connectivity index (χ1) is 14.7. The summed E-state index contributed by atoms with van der Waals surface area (Å²) in [6.45, 7) is 2.58. The molecule has 0 fully saturated rings. The number of furan rings is 1. The van der Waals surface area contributed by atoms with Gasteiger partial charge < -0.3 is 9.73 Å². The minimum absolute atomic E-state index is 0.0126. The van der Waals surface area contributed by atoms with Gasteiger partial charge in [-0.1, -0.05) is 41.6 Å². The Bertz CT molecular complexity index is 996. The molecule has 0 radical (unpaired) electrons. The molecule has 7 heteroatoms. The molecule has 0 saturated carbocycles. The Hall–Kier alpha value is -2.80. The molecule has 1 N–H and O–H groups in total. The van der Waals surface area contributed by atoms with Crippen molar-refractivity contribution in [3.05, 3.63) is 60.4 Å². The number of amides is 1. The van der Waals surface area contributed by atoms with Crippen LogP contribution in [0.25, 0.3) is 17.3 Å². The number of rotatable bonds is 8. The van der Waals surface area contributed by atoms with Crippen molar-refractivity contribution in [3.8, 4) is 17.3 Å². The van der Waals surface area contributed by atoms with E-state index in [2.05, 4.69) is 21.6 Å². The predicted molar refractivity (Wildman–Crippen MR) is 119 cm³/mol. The van der Waals surface area contributed by atoms with E-state index in [9.17, 15) is 4.79 Å². The van der Waals surface area contributed by atoms with Gasteiger partial charge in [-0.2, -0.15) is 0 Å². The van der Waals surface area contributed by atoms with Crippen molar-refractivity contribution in [1.29, 1.82) is 0 Å². The fraction of sp³-hybridized carbons (Fsp3) is 0.348. The van der Waals surface area contributed by atoms with Gasteiger partial charge in [0.05, 0.1) is 11.5 Å². The summed E-state index contributed by atoms with van der Waals surface area (Å²) in [5, 5.41) is 12.1. The number of nitrogens with one attached hydrogen (secondary N) is 1. The van der Waals surface area contributed by atoms with Crippen molar-refractivity contribution >= 4 is 17.7 Å². The molecular formula is C23H26N4O2S. The van der Waals surface area contributed by atoms with E-state index in [0.717, 1.165) is 18.5 Å². The van der Waals surface area contributed by atoms with Crippen molar-refractivity contribution in [3.63, 3.8) is 0 Å². The highest BCUT2D eigenvalue weighted by Crippen LogP contribution is 2.30. The number of carbonyl (C=O) groups excluding carboxylic acids is 1. The monoisotopic (exact) mass is 422 g/mol. The SMILES string of the molecule is C[C@@H](Sc1nnc(-c2ccco2)n1-c1ccccc1)C(=O)NCCC1=CCCCC1. The molecule has 1 atom stereocenters. The third-order valence-electron chi connectivity index (χ3n) is 5.17. The molecule has 4 rings (SSSR count). The van der Waals surface area contributed by atoms with Crippen molar-refractivity contribution in [2.75, 3.05) is 6.54 Å². The second-order valence-corrected chi connectivity index (χ2v) is 8.67. The fourth-order valence-corrected chi connectivity index (χ4v) is 4.45. The zero-order valence-corrected chi connectivity index (χ0v) is 17.9. The molecule has 1 aliphatic rings. The standard InChI is InChI=1S/C23H26N4O2S/c1-17(22(28)24-15-14-18-9-4-2-5-10-18)30-23-26-25-21(20-13-8-16-29-20)27(23)19-11-6-3-7-12-19/h3,6-9,11-13,16-17H,2,4-5,10,14-15H2,1H3,(H,24,28)/t17-/m1/s1. The largest absolute Gasteiger partial charge is 0.461 e. The second-order valence-electron chi connectivity index (χ2n) is 7.36. The fourth-order valence-electron chi connectivity index (χ4n) is 3.55. The van der Waals surface area contributed by atoms with Crippen LogP contribution in [0.1, 0.15) is 39.0 Å². The number of aromatic nitrogens is 3. The van der Waals surface area contributed by atoms with Crippen molar-refractivity contribution in [2.45, 2.75) is 49.4 Å². The van der Waals surface area contributed by atoms with Gasteiger partial charge in [-0.15, -0.1) is 10.2 Å². The Kier molecular flexibility index (Phi) is 6.69. The van der Waals surface area contributed by atoms with E-state index in [1.165, 1.54) is 36.6 Å². The molecular weight excluding hydrogens is 396 g/mol. The molecule has 0 saturated heterocycles. The number of thioether (sulfide) groups is 1. The topological polar surface area (TPSA) is 73.0 Å². The Morgan fingerprint density at radius 3 is 2.80 bits per heavy atom. The van der Waals surface area contributed by atoms with Gasteiger partial charge in [-0.3, -0.25) is 9.36 Å². The number of allylic oxidation sites excluding steroid dienone is 1. The van der Waals surface area contributed by atoms with E-state index in [-0.39, 0.29) is 11.2 Å². The number of carbonyl (C=O) groups is 1. The van der Waals surface area contributed by atoms with Crippen LogP contribution in [0.15, 0.2) is 70.0 Å². The van der Waals surface area contributed by atoms with Gasteiger partial charge in [0.2, 0.25) is 11.7 Å². The smallest absolute Gasteiger partial charge is 0.233 e. The molecule has 3 aromatic rings. The number of hydrogen-bond acceptors (Lipinski definition) is 5. The first-order valence-corrected chi connectivity index (χ1v) is 11.3. The summed E-state index contributed by atoms with van der Waals surface area (Å²) in [7, 11) is 0. The zero-order valence-electron chi connectivity index (χ0n) is 17.1. The van der Waals surface area contributed by atoms with Crippen LogP contribution in [-0.4, -0.2) is 32.5 Å².